The Hall–Kier alpha value is -3.08. The van der Waals surface area contributed by atoms with Crippen LogP contribution in [-0.4, -0.2) is 69.0 Å². The van der Waals surface area contributed by atoms with E-state index in [1.54, 1.807) is 12.3 Å². The van der Waals surface area contributed by atoms with Gasteiger partial charge in [-0.3, -0.25) is 9.36 Å². The van der Waals surface area contributed by atoms with Gasteiger partial charge >= 0.3 is 5.69 Å². The molecular formula is C25H28ClFN6O3. The summed E-state index contributed by atoms with van der Waals surface area (Å²) in [6, 6.07) is 7.62. The number of carbonyl (C=O) groups excluding carboxylic acids is 1. The summed E-state index contributed by atoms with van der Waals surface area (Å²) in [5.41, 5.74) is 1.33. The zero-order valence-electron chi connectivity index (χ0n) is 20.2. The molecule has 2 aliphatic heterocycles. The molecule has 2 aliphatic rings. The number of hydrogen-bond acceptors (Lipinski definition) is 6. The second-order valence-corrected chi connectivity index (χ2v) is 10.3. The van der Waals surface area contributed by atoms with Gasteiger partial charge in [0, 0.05) is 42.9 Å². The first-order valence-electron chi connectivity index (χ1n) is 11.9. The molecule has 0 radical (unpaired) electrons. The number of pyridine rings is 1. The Morgan fingerprint density at radius 3 is 2.64 bits per heavy atom. The van der Waals surface area contributed by atoms with Crippen LogP contribution in [0.4, 0.5) is 4.39 Å². The van der Waals surface area contributed by atoms with E-state index >= 15 is 0 Å². The van der Waals surface area contributed by atoms with Crippen LogP contribution in [0.25, 0.3) is 17.2 Å². The quantitative estimate of drug-likeness (QED) is 0.496. The minimum atomic E-state index is -0.585. The average molecular weight is 515 g/mol. The van der Waals surface area contributed by atoms with Gasteiger partial charge in [-0.1, -0.05) is 17.7 Å². The lowest BCUT2D eigenvalue weighted by molar-refractivity contribution is -0.188. The van der Waals surface area contributed by atoms with Crippen LogP contribution in [0.5, 0.6) is 0 Å². The van der Waals surface area contributed by atoms with E-state index in [-0.39, 0.29) is 29.3 Å². The molecule has 5 rings (SSSR count). The number of ether oxygens (including phenoxy) is 1. The van der Waals surface area contributed by atoms with Crippen molar-refractivity contribution in [3.8, 4) is 17.2 Å². The van der Waals surface area contributed by atoms with Crippen LogP contribution in [-0.2, 0) is 22.5 Å². The van der Waals surface area contributed by atoms with Crippen LogP contribution >= 0.6 is 11.6 Å². The largest absolute Gasteiger partial charge is 0.380 e. The molecule has 1 spiro atoms. The van der Waals surface area contributed by atoms with Gasteiger partial charge in [0.15, 0.2) is 11.6 Å². The highest BCUT2D eigenvalue weighted by Gasteiger charge is 2.48. The summed E-state index contributed by atoms with van der Waals surface area (Å²) in [5.74, 6) is -0.405. The second-order valence-electron chi connectivity index (χ2n) is 9.93. The molecule has 3 aromatic rings. The summed E-state index contributed by atoms with van der Waals surface area (Å²) in [4.78, 5) is 32.6. The fourth-order valence-corrected chi connectivity index (χ4v) is 4.84. The van der Waals surface area contributed by atoms with Gasteiger partial charge in [-0.2, -0.15) is 4.68 Å². The molecule has 1 N–H and O–H groups in total. The summed E-state index contributed by atoms with van der Waals surface area (Å²) in [6.07, 6.45) is 2.59. The molecule has 36 heavy (non-hydrogen) atoms. The van der Waals surface area contributed by atoms with Crippen molar-refractivity contribution in [2.45, 2.75) is 32.9 Å². The monoisotopic (exact) mass is 514 g/mol. The summed E-state index contributed by atoms with van der Waals surface area (Å²) >= 11 is 5.97. The molecular weight excluding hydrogens is 487 g/mol. The number of nitrogens with zero attached hydrogens (tertiary/aromatic N) is 5. The lowest BCUT2D eigenvalue weighted by Gasteiger charge is -2.55. The Kier molecular flexibility index (Phi) is 6.67. The van der Waals surface area contributed by atoms with Gasteiger partial charge in [-0.05, 0) is 50.1 Å². The minimum absolute atomic E-state index is 0.0926. The molecule has 0 unspecified atom stereocenters. The minimum Gasteiger partial charge on any atom is -0.380 e. The Bertz CT molecular complexity index is 1320. The lowest BCUT2D eigenvalue weighted by atomic mass is 9.78. The van der Waals surface area contributed by atoms with Gasteiger partial charge in [0.05, 0.1) is 18.2 Å². The lowest BCUT2D eigenvalue weighted by Crippen LogP contribution is -2.66. The predicted octanol–water partition coefficient (Wildman–Crippen LogP) is 2.29. The SMILES string of the molecule is CC(C)NC(=O)Cn1c(-c2ccc(F)c(Cl)c2)nn(-c2ccc(CCN3CC4(COC4)C3)cn2)c1=O. The third-order valence-electron chi connectivity index (χ3n) is 6.47. The molecule has 1 amide bonds. The first kappa shape index (κ1) is 24.6. The maximum Gasteiger partial charge on any atom is 0.352 e. The molecule has 1 aromatic carbocycles. The summed E-state index contributed by atoms with van der Waals surface area (Å²) in [7, 11) is 0. The summed E-state index contributed by atoms with van der Waals surface area (Å²) in [6.45, 7) is 8.24. The van der Waals surface area contributed by atoms with E-state index in [2.05, 4.69) is 20.3 Å². The fourth-order valence-electron chi connectivity index (χ4n) is 4.66. The van der Waals surface area contributed by atoms with E-state index in [0.29, 0.717) is 16.8 Å². The molecule has 11 heteroatoms. The summed E-state index contributed by atoms with van der Waals surface area (Å²) < 4.78 is 21.5. The Labute approximate surface area is 212 Å². The topological polar surface area (TPSA) is 94.3 Å². The van der Waals surface area contributed by atoms with Crippen molar-refractivity contribution < 1.29 is 13.9 Å². The Morgan fingerprint density at radius 1 is 1.25 bits per heavy atom. The van der Waals surface area contributed by atoms with Crippen molar-refractivity contribution in [2.24, 2.45) is 5.41 Å². The van der Waals surface area contributed by atoms with E-state index in [0.717, 1.165) is 49.5 Å². The molecule has 190 valence electrons. The molecule has 0 atom stereocenters. The predicted molar refractivity (Wildman–Crippen MR) is 133 cm³/mol. The molecule has 0 saturated carbocycles. The molecule has 0 aliphatic carbocycles. The van der Waals surface area contributed by atoms with Crippen molar-refractivity contribution in [1.82, 2.24) is 29.5 Å². The molecule has 2 saturated heterocycles. The van der Waals surface area contributed by atoms with Crippen LogP contribution in [0.15, 0.2) is 41.3 Å². The van der Waals surface area contributed by atoms with Crippen molar-refractivity contribution >= 4 is 17.5 Å². The number of hydrogen-bond donors (Lipinski definition) is 1. The molecule has 4 heterocycles. The fraction of sp³-hybridized carbons (Fsp3) is 0.440. The van der Waals surface area contributed by atoms with E-state index in [4.69, 9.17) is 16.3 Å². The summed E-state index contributed by atoms with van der Waals surface area (Å²) in [5, 5.41) is 7.10. The molecule has 2 fully saturated rings. The first-order chi connectivity index (χ1) is 17.2. The molecule has 9 nitrogen and oxygen atoms in total. The zero-order chi connectivity index (χ0) is 25.4. The third-order valence-corrected chi connectivity index (χ3v) is 6.76. The third kappa shape index (κ3) is 4.93. The standard InChI is InChI=1S/C25H28ClFN6O3/c1-16(2)29-22(34)11-32-23(18-4-5-20(27)19(26)9-18)30-33(24(32)35)21-6-3-17(10-28-21)7-8-31-12-25(13-31)14-36-15-25/h3-6,9-10,16H,7-8,11-15H2,1-2H3,(H,29,34). The van der Waals surface area contributed by atoms with Crippen molar-refractivity contribution in [2.75, 3.05) is 32.8 Å². The van der Waals surface area contributed by atoms with E-state index in [1.165, 1.54) is 22.8 Å². The number of nitrogens with one attached hydrogen (secondary N) is 1. The normalized spacial score (nSPS) is 16.7. The highest BCUT2D eigenvalue weighted by molar-refractivity contribution is 6.31. The van der Waals surface area contributed by atoms with Crippen LogP contribution in [0.1, 0.15) is 19.4 Å². The van der Waals surface area contributed by atoms with Crippen molar-refractivity contribution in [3.63, 3.8) is 0 Å². The number of likely N-dealkylation sites (tertiary alicyclic amines) is 1. The van der Waals surface area contributed by atoms with E-state index < -0.39 is 11.5 Å². The number of rotatable bonds is 8. The number of amides is 1. The van der Waals surface area contributed by atoms with Crippen LogP contribution < -0.4 is 11.0 Å². The molecule has 0 bridgehead atoms. The maximum atomic E-state index is 13.7. The highest BCUT2D eigenvalue weighted by Crippen LogP contribution is 2.37. The number of benzene rings is 1. The number of aromatic nitrogens is 4. The smallest absolute Gasteiger partial charge is 0.352 e. The van der Waals surface area contributed by atoms with Crippen LogP contribution in [0, 0.1) is 11.2 Å². The van der Waals surface area contributed by atoms with Gasteiger partial charge in [0.2, 0.25) is 5.91 Å². The van der Waals surface area contributed by atoms with Gasteiger partial charge in [0.1, 0.15) is 12.4 Å². The zero-order valence-corrected chi connectivity index (χ0v) is 21.0. The van der Waals surface area contributed by atoms with Gasteiger partial charge in [0.25, 0.3) is 0 Å². The second kappa shape index (κ2) is 9.76. The number of carbonyl (C=O) groups is 1. The van der Waals surface area contributed by atoms with E-state index in [9.17, 15) is 14.0 Å². The van der Waals surface area contributed by atoms with Gasteiger partial charge in [-0.25, -0.2) is 14.2 Å². The Balaban J connectivity index is 1.37. The van der Waals surface area contributed by atoms with Crippen LogP contribution in [0.3, 0.4) is 0 Å². The number of halogens is 2. The first-order valence-corrected chi connectivity index (χ1v) is 12.3. The van der Waals surface area contributed by atoms with Gasteiger partial charge in [-0.15, -0.1) is 5.10 Å². The van der Waals surface area contributed by atoms with Gasteiger partial charge < -0.3 is 15.0 Å². The molecule has 2 aromatic heterocycles. The van der Waals surface area contributed by atoms with Crippen molar-refractivity contribution in [1.29, 1.82) is 0 Å². The van der Waals surface area contributed by atoms with Crippen LogP contribution in [0.2, 0.25) is 5.02 Å². The highest BCUT2D eigenvalue weighted by atomic mass is 35.5. The average Bonchev–Trinajstić information content (AvgIpc) is 3.09. The maximum absolute atomic E-state index is 13.7. The van der Waals surface area contributed by atoms with Crippen molar-refractivity contribution in [3.05, 3.63) is 63.4 Å². The van der Waals surface area contributed by atoms with E-state index in [1.807, 2.05) is 19.9 Å². The Morgan fingerprint density at radius 2 is 2.03 bits per heavy atom.